The van der Waals surface area contributed by atoms with Gasteiger partial charge < -0.3 is 4.74 Å². The average molecular weight is 457 g/mol. The average Bonchev–Trinajstić information content (AvgIpc) is 2.74. The molecule has 3 atom stereocenters. The van der Waals surface area contributed by atoms with Crippen LogP contribution in [0.25, 0.3) is 0 Å². The van der Waals surface area contributed by atoms with Crippen LogP contribution in [0.4, 0.5) is 8.78 Å². The highest BCUT2D eigenvalue weighted by molar-refractivity contribution is 7.92. The van der Waals surface area contributed by atoms with E-state index in [1.165, 1.54) is 24.3 Å². The summed E-state index contributed by atoms with van der Waals surface area (Å²) in [5.74, 6) is -3.71. The topological polar surface area (TPSA) is 60.4 Å². The van der Waals surface area contributed by atoms with Crippen LogP contribution in [0.2, 0.25) is 5.02 Å². The third-order valence-corrected chi connectivity index (χ3v) is 8.76. The van der Waals surface area contributed by atoms with Crippen molar-refractivity contribution in [1.82, 2.24) is 0 Å². The van der Waals surface area contributed by atoms with Crippen LogP contribution >= 0.6 is 11.6 Å². The Hall–Kier alpha value is -1.99. The smallest absolute Gasteiger partial charge is 0.188 e. The Balaban J connectivity index is 0.00000124. The van der Waals surface area contributed by atoms with Gasteiger partial charge in [0, 0.05) is 23.3 Å². The molecule has 2 aromatic rings. The van der Waals surface area contributed by atoms with Gasteiger partial charge >= 0.3 is 0 Å². The van der Waals surface area contributed by atoms with E-state index in [4.69, 9.17) is 16.3 Å². The molecule has 1 aliphatic heterocycles. The fourth-order valence-electron chi connectivity index (χ4n) is 4.47. The number of carbonyl (C=O) groups is 1. The maximum Gasteiger partial charge on any atom is 0.188 e. The number of fused-ring (bicyclic) bond motifs is 3. The number of hydrogen-bond donors (Lipinski definition) is 0. The lowest BCUT2D eigenvalue weighted by Gasteiger charge is -2.49. The van der Waals surface area contributed by atoms with Crippen LogP contribution in [-0.4, -0.2) is 20.8 Å². The van der Waals surface area contributed by atoms with Crippen LogP contribution in [0.3, 0.4) is 0 Å². The van der Waals surface area contributed by atoms with Crippen molar-refractivity contribution in [2.24, 2.45) is 11.8 Å². The highest BCUT2D eigenvalue weighted by Crippen LogP contribution is 2.57. The molecule has 1 aliphatic carbocycles. The lowest BCUT2D eigenvalue weighted by Crippen LogP contribution is -2.55. The first kappa shape index (κ1) is 22.7. The zero-order chi connectivity index (χ0) is 22.3. The number of Topliss-reactive ketones (excluding diaryl/α,β-unsaturated/α-hetero) is 1. The Labute approximate surface area is 180 Å². The molecule has 2 aliphatic rings. The molecule has 0 radical (unpaired) electrons. The van der Waals surface area contributed by atoms with Gasteiger partial charge in [-0.2, -0.15) is 0 Å². The zero-order valence-electron chi connectivity index (χ0n) is 16.9. The van der Waals surface area contributed by atoms with Gasteiger partial charge in [0.25, 0.3) is 0 Å². The summed E-state index contributed by atoms with van der Waals surface area (Å²) in [5, 5.41) is 0.352. The second-order valence-electron chi connectivity index (χ2n) is 7.25. The summed E-state index contributed by atoms with van der Waals surface area (Å²) < 4.78 is 60.7. The number of benzene rings is 2. The third kappa shape index (κ3) is 3.23. The van der Waals surface area contributed by atoms with Crippen molar-refractivity contribution in [3.63, 3.8) is 0 Å². The molecule has 0 spiro atoms. The Kier molecular flexibility index (Phi) is 6.25. The maximum atomic E-state index is 15.0. The number of sulfone groups is 1. The van der Waals surface area contributed by atoms with Crippen LogP contribution in [-0.2, 0) is 19.4 Å². The van der Waals surface area contributed by atoms with Crippen LogP contribution < -0.4 is 4.74 Å². The Bertz CT molecular complexity index is 1070. The molecule has 1 unspecified atom stereocenters. The minimum absolute atomic E-state index is 0.0418. The molecule has 2 aromatic carbocycles. The first-order valence-electron chi connectivity index (χ1n) is 9.84. The molecule has 1 fully saturated rings. The van der Waals surface area contributed by atoms with Gasteiger partial charge in [-0.25, -0.2) is 17.2 Å². The van der Waals surface area contributed by atoms with E-state index in [9.17, 15) is 22.0 Å². The number of ketones is 1. The normalized spacial score (nSPS) is 25.3. The van der Waals surface area contributed by atoms with E-state index in [1.54, 1.807) is 6.92 Å². The molecule has 4 rings (SSSR count). The lowest BCUT2D eigenvalue weighted by atomic mass is 9.67. The van der Waals surface area contributed by atoms with Crippen molar-refractivity contribution < 1.29 is 26.7 Å². The number of rotatable bonds is 2. The summed E-state index contributed by atoms with van der Waals surface area (Å²) in [7, 11) is -4.21. The highest BCUT2D eigenvalue weighted by Gasteiger charge is 2.61. The summed E-state index contributed by atoms with van der Waals surface area (Å²) in [6.45, 7) is 5.43. The van der Waals surface area contributed by atoms with Gasteiger partial charge in [0.2, 0.25) is 0 Å². The van der Waals surface area contributed by atoms with Crippen LogP contribution in [0.1, 0.15) is 39.2 Å². The van der Waals surface area contributed by atoms with E-state index < -0.39 is 43.8 Å². The van der Waals surface area contributed by atoms with Crippen molar-refractivity contribution in [2.45, 2.75) is 43.3 Å². The number of hydrogen-bond acceptors (Lipinski definition) is 4. The molecule has 0 amide bonds. The molecule has 4 nitrogen and oxygen atoms in total. The van der Waals surface area contributed by atoms with Gasteiger partial charge in [-0.3, -0.25) is 4.79 Å². The van der Waals surface area contributed by atoms with Gasteiger partial charge in [0.05, 0.1) is 17.1 Å². The Morgan fingerprint density at radius 2 is 1.67 bits per heavy atom. The Morgan fingerprint density at radius 3 is 2.30 bits per heavy atom. The molecule has 30 heavy (non-hydrogen) atoms. The maximum absolute atomic E-state index is 15.0. The molecule has 8 heteroatoms. The fraction of sp³-hybridized carbons (Fsp3) is 0.409. The number of carbonyl (C=O) groups excluding carboxylic acids is 1. The molecule has 0 aromatic heterocycles. The number of ether oxygens (including phenoxy) is 1. The lowest BCUT2D eigenvalue weighted by molar-refractivity contribution is -0.128. The third-order valence-electron chi connectivity index (χ3n) is 5.95. The van der Waals surface area contributed by atoms with Gasteiger partial charge in [-0.1, -0.05) is 32.4 Å². The minimum atomic E-state index is -4.21. The quantitative estimate of drug-likeness (QED) is 0.613. The van der Waals surface area contributed by atoms with E-state index in [0.29, 0.717) is 5.02 Å². The van der Waals surface area contributed by atoms with Crippen LogP contribution in [0.15, 0.2) is 41.3 Å². The summed E-state index contributed by atoms with van der Waals surface area (Å²) in [6, 6.07) is 7.36. The molecular weight excluding hydrogens is 434 g/mol. The summed E-state index contributed by atoms with van der Waals surface area (Å²) >= 11 is 5.88. The molecule has 0 bridgehead atoms. The highest BCUT2D eigenvalue weighted by atomic mass is 35.5. The summed E-state index contributed by atoms with van der Waals surface area (Å²) in [6.07, 6.45) is -0.178. The van der Waals surface area contributed by atoms with Crippen molar-refractivity contribution in [1.29, 1.82) is 0 Å². The molecule has 0 saturated heterocycles. The van der Waals surface area contributed by atoms with E-state index in [1.807, 2.05) is 13.8 Å². The van der Waals surface area contributed by atoms with Crippen LogP contribution in [0, 0.1) is 23.5 Å². The standard InChI is InChI=1S/C20H17ClF2O4S.C2H6/c1-11-14-10-27-19-16(23)7-6-15(22)18(19)20(14,9-8-17(11)24)28(25,26)13-4-2-12(21)3-5-13;1-2/h2-7,11,14H,8-10H2,1H3;1-2H3/t11-,14?,20-;/m0./s1. The SMILES string of the molecule is CC.C[C@@H]1C(=O)CC[C@@]2(S(=O)(=O)c3ccc(Cl)cc3)c3c(F)ccc(F)c3OCC12. The van der Waals surface area contributed by atoms with E-state index in [2.05, 4.69) is 0 Å². The molecule has 162 valence electrons. The molecule has 0 N–H and O–H groups in total. The second kappa shape index (κ2) is 8.27. The van der Waals surface area contributed by atoms with Crippen molar-refractivity contribution in [3.05, 3.63) is 58.6 Å². The summed E-state index contributed by atoms with van der Waals surface area (Å²) in [4.78, 5) is 12.3. The first-order chi connectivity index (χ1) is 14.2. The Morgan fingerprint density at radius 1 is 1.07 bits per heavy atom. The van der Waals surface area contributed by atoms with E-state index in [0.717, 1.165) is 12.1 Å². The predicted octanol–water partition coefficient (Wildman–Crippen LogP) is 5.32. The minimum Gasteiger partial charge on any atom is -0.490 e. The largest absolute Gasteiger partial charge is 0.490 e. The monoisotopic (exact) mass is 456 g/mol. The van der Waals surface area contributed by atoms with Gasteiger partial charge in [-0.15, -0.1) is 0 Å². The van der Waals surface area contributed by atoms with Crippen molar-refractivity contribution in [2.75, 3.05) is 6.61 Å². The second-order valence-corrected chi connectivity index (χ2v) is 9.90. The van der Waals surface area contributed by atoms with Gasteiger partial charge in [0.15, 0.2) is 21.4 Å². The zero-order valence-corrected chi connectivity index (χ0v) is 18.5. The fourth-order valence-corrected chi connectivity index (χ4v) is 7.01. The van der Waals surface area contributed by atoms with E-state index in [-0.39, 0.29) is 35.7 Å². The van der Waals surface area contributed by atoms with Gasteiger partial charge in [-0.05, 0) is 42.8 Å². The van der Waals surface area contributed by atoms with Gasteiger partial charge in [0.1, 0.15) is 16.3 Å². The van der Waals surface area contributed by atoms with E-state index >= 15 is 0 Å². The van der Waals surface area contributed by atoms with Crippen molar-refractivity contribution in [3.8, 4) is 5.75 Å². The predicted molar refractivity (Wildman–Crippen MR) is 110 cm³/mol. The number of halogens is 3. The van der Waals surface area contributed by atoms with Crippen LogP contribution in [0.5, 0.6) is 5.75 Å². The van der Waals surface area contributed by atoms with Crippen molar-refractivity contribution >= 4 is 27.2 Å². The molecular formula is C22H23ClF2O4S. The summed E-state index contributed by atoms with van der Waals surface area (Å²) in [5.41, 5.74) is -0.321. The molecule has 1 heterocycles. The molecule has 1 saturated carbocycles. The first-order valence-corrected chi connectivity index (χ1v) is 11.7.